The molecule has 0 spiro atoms. The third-order valence-corrected chi connectivity index (χ3v) is 3.18. The summed E-state index contributed by atoms with van der Waals surface area (Å²) in [5, 5.41) is 7.74. The minimum absolute atomic E-state index is 0.756. The molecule has 3 aromatic rings. The molecule has 1 aromatic carbocycles. The van der Waals surface area contributed by atoms with Crippen LogP contribution in [0, 0.1) is 0 Å². The molecule has 2 heterocycles. The first-order valence-corrected chi connectivity index (χ1v) is 6.40. The highest BCUT2D eigenvalue weighted by molar-refractivity contribution is 9.10. The summed E-state index contributed by atoms with van der Waals surface area (Å²) in [6.07, 6.45) is 1.74. The standard InChI is InChI=1S/C13H11BrN4/c14-11-9-16-13-7-6-12(17-18(11)13)15-8-10-4-2-1-3-5-10/h1-7,9H,8H2,(H,15,17). The highest BCUT2D eigenvalue weighted by Gasteiger charge is 2.02. The lowest BCUT2D eigenvalue weighted by molar-refractivity contribution is 0.907. The molecule has 1 N–H and O–H groups in total. The molecule has 0 aliphatic rings. The van der Waals surface area contributed by atoms with Crippen molar-refractivity contribution in [3.05, 3.63) is 58.8 Å². The fourth-order valence-corrected chi connectivity index (χ4v) is 2.09. The van der Waals surface area contributed by atoms with E-state index in [1.54, 1.807) is 10.7 Å². The lowest BCUT2D eigenvalue weighted by atomic mass is 10.2. The van der Waals surface area contributed by atoms with Crippen LogP contribution in [0.25, 0.3) is 5.65 Å². The summed E-state index contributed by atoms with van der Waals surface area (Å²) in [5.41, 5.74) is 2.05. The average molecular weight is 303 g/mol. The van der Waals surface area contributed by atoms with E-state index in [1.165, 1.54) is 5.56 Å². The van der Waals surface area contributed by atoms with Crippen LogP contribution in [0.4, 0.5) is 5.82 Å². The second kappa shape index (κ2) is 4.78. The smallest absolute Gasteiger partial charge is 0.154 e. The number of anilines is 1. The molecule has 4 nitrogen and oxygen atoms in total. The van der Waals surface area contributed by atoms with Crippen molar-refractivity contribution in [3.63, 3.8) is 0 Å². The lowest BCUT2D eigenvalue weighted by Crippen LogP contribution is -2.03. The van der Waals surface area contributed by atoms with Crippen LogP contribution < -0.4 is 5.32 Å². The van der Waals surface area contributed by atoms with Crippen LogP contribution in [-0.4, -0.2) is 14.6 Å². The first kappa shape index (κ1) is 11.2. The third kappa shape index (κ3) is 2.22. The second-order valence-electron chi connectivity index (χ2n) is 3.91. The molecule has 18 heavy (non-hydrogen) atoms. The number of halogens is 1. The van der Waals surface area contributed by atoms with Gasteiger partial charge in [-0.05, 0) is 33.6 Å². The predicted octanol–water partition coefficient (Wildman–Crippen LogP) is 3.10. The van der Waals surface area contributed by atoms with Crippen LogP contribution in [0.1, 0.15) is 5.56 Å². The molecule has 0 saturated carbocycles. The fraction of sp³-hybridized carbons (Fsp3) is 0.0769. The van der Waals surface area contributed by atoms with E-state index < -0.39 is 0 Å². The lowest BCUT2D eigenvalue weighted by Gasteiger charge is -2.05. The molecule has 0 unspecified atom stereocenters. The van der Waals surface area contributed by atoms with Crippen LogP contribution in [0.5, 0.6) is 0 Å². The van der Waals surface area contributed by atoms with E-state index >= 15 is 0 Å². The molecule has 0 aliphatic heterocycles. The van der Waals surface area contributed by atoms with Gasteiger partial charge in [0, 0.05) is 6.54 Å². The van der Waals surface area contributed by atoms with Crippen molar-refractivity contribution in [1.82, 2.24) is 14.6 Å². The molecule has 0 radical (unpaired) electrons. The van der Waals surface area contributed by atoms with Gasteiger partial charge in [0.25, 0.3) is 0 Å². The summed E-state index contributed by atoms with van der Waals surface area (Å²) in [6.45, 7) is 0.756. The predicted molar refractivity (Wildman–Crippen MR) is 74.5 cm³/mol. The molecule has 0 fully saturated rings. The van der Waals surface area contributed by atoms with E-state index in [0.29, 0.717) is 0 Å². The van der Waals surface area contributed by atoms with Crippen LogP contribution >= 0.6 is 15.9 Å². The van der Waals surface area contributed by atoms with Gasteiger partial charge in [0.05, 0.1) is 6.20 Å². The summed E-state index contributed by atoms with van der Waals surface area (Å²) in [6, 6.07) is 14.1. The number of fused-ring (bicyclic) bond motifs is 1. The molecule has 0 atom stereocenters. The van der Waals surface area contributed by atoms with Crippen molar-refractivity contribution in [3.8, 4) is 0 Å². The summed E-state index contributed by atoms with van der Waals surface area (Å²) in [7, 11) is 0. The van der Waals surface area contributed by atoms with Crippen LogP contribution in [-0.2, 0) is 6.54 Å². The van der Waals surface area contributed by atoms with Crippen LogP contribution in [0.3, 0.4) is 0 Å². The van der Waals surface area contributed by atoms with Crippen molar-refractivity contribution >= 4 is 27.4 Å². The minimum atomic E-state index is 0.756. The highest BCUT2D eigenvalue weighted by Crippen LogP contribution is 2.14. The number of benzene rings is 1. The van der Waals surface area contributed by atoms with E-state index in [4.69, 9.17) is 0 Å². The number of hydrogen-bond donors (Lipinski definition) is 1. The van der Waals surface area contributed by atoms with Gasteiger partial charge in [-0.15, -0.1) is 5.10 Å². The fourth-order valence-electron chi connectivity index (χ4n) is 1.73. The van der Waals surface area contributed by atoms with Crippen LogP contribution in [0.15, 0.2) is 53.3 Å². The molecule has 0 amide bonds. The number of nitrogens with one attached hydrogen (secondary N) is 1. The summed E-state index contributed by atoms with van der Waals surface area (Å²) in [5.74, 6) is 0.824. The maximum atomic E-state index is 4.45. The van der Waals surface area contributed by atoms with Gasteiger partial charge >= 0.3 is 0 Å². The number of nitrogens with zero attached hydrogens (tertiary/aromatic N) is 3. The number of aromatic nitrogens is 3. The van der Waals surface area contributed by atoms with Gasteiger partial charge in [-0.2, -0.15) is 0 Å². The second-order valence-corrected chi connectivity index (χ2v) is 4.72. The number of hydrogen-bond acceptors (Lipinski definition) is 3. The van der Waals surface area contributed by atoms with Crippen LogP contribution in [0.2, 0.25) is 0 Å². The quantitative estimate of drug-likeness (QED) is 0.808. The normalized spacial score (nSPS) is 10.7. The zero-order chi connectivity index (χ0) is 12.4. The molecule has 3 rings (SSSR count). The minimum Gasteiger partial charge on any atom is -0.365 e. The van der Waals surface area contributed by atoms with Gasteiger partial charge in [-0.25, -0.2) is 9.50 Å². The van der Waals surface area contributed by atoms with Gasteiger partial charge in [-0.3, -0.25) is 0 Å². The molecule has 2 aromatic heterocycles. The summed E-state index contributed by atoms with van der Waals surface area (Å²) < 4.78 is 2.61. The Morgan fingerprint density at radius 1 is 1.11 bits per heavy atom. The Morgan fingerprint density at radius 3 is 2.78 bits per heavy atom. The molecular formula is C13H11BrN4. The Morgan fingerprint density at radius 2 is 1.94 bits per heavy atom. The monoisotopic (exact) mass is 302 g/mol. The maximum Gasteiger partial charge on any atom is 0.154 e. The number of rotatable bonds is 3. The average Bonchev–Trinajstić information content (AvgIpc) is 2.79. The van der Waals surface area contributed by atoms with Gasteiger partial charge in [0.15, 0.2) is 5.65 Å². The summed E-state index contributed by atoms with van der Waals surface area (Å²) in [4.78, 5) is 4.20. The van der Waals surface area contributed by atoms with Gasteiger partial charge in [0.2, 0.25) is 0 Å². The van der Waals surface area contributed by atoms with Crippen molar-refractivity contribution < 1.29 is 0 Å². The number of imidazole rings is 1. The Labute approximate surface area is 113 Å². The molecule has 0 saturated heterocycles. The van der Waals surface area contributed by atoms with E-state index in [1.807, 2.05) is 30.3 Å². The van der Waals surface area contributed by atoms with Gasteiger partial charge < -0.3 is 5.32 Å². The molecular weight excluding hydrogens is 292 g/mol. The zero-order valence-corrected chi connectivity index (χ0v) is 11.1. The topological polar surface area (TPSA) is 42.2 Å². The van der Waals surface area contributed by atoms with E-state index in [9.17, 15) is 0 Å². The highest BCUT2D eigenvalue weighted by atomic mass is 79.9. The largest absolute Gasteiger partial charge is 0.365 e. The maximum absolute atomic E-state index is 4.45. The first-order valence-electron chi connectivity index (χ1n) is 5.61. The molecule has 90 valence electrons. The van der Waals surface area contributed by atoms with E-state index in [2.05, 4.69) is 43.5 Å². The van der Waals surface area contributed by atoms with Crippen molar-refractivity contribution in [2.45, 2.75) is 6.54 Å². The Bertz CT molecular complexity index is 663. The van der Waals surface area contributed by atoms with Crippen molar-refractivity contribution in [2.75, 3.05) is 5.32 Å². The summed E-state index contributed by atoms with van der Waals surface area (Å²) >= 11 is 3.41. The van der Waals surface area contributed by atoms with Gasteiger partial charge in [0.1, 0.15) is 10.4 Å². The Kier molecular flexibility index (Phi) is 2.98. The van der Waals surface area contributed by atoms with Gasteiger partial charge in [-0.1, -0.05) is 30.3 Å². The van der Waals surface area contributed by atoms with Crippen molar-refractivity contribution in [1.29, 1.82) is 0 Å². The van der Waals surface area contributed by atoms with E-state index in [-0.39, 0.29) is 0 Å². The SMILES string of the molecule is Brc1cnc2ccc(NCc3ccccc3)nn12. The Hall–Kier alpha value is -1.88. The third-order valence-electron chi connectivity index (χ3n) is 2.64. The first-order chi connectivity index (χ1) is 8.83. The molecule has 5 heteroatoms. The van der Waals surface area contributed by atoms with Crippen molar-refractivity contribution in [2.24, 2.45) is 0 Å². The zero-order valence-electron chi connectivity index (χ0n) is 9.55. The Balaban J connectivity index is 1.80. The molecule has 0 aliphatic carbocycles. The van der Waals surface area contributed by atoms with E-state index in [0.717, 1.165) is 22.6 Å². The molecule has 0 bridgehead atoms.